The van der Waals surface area contributed by atoms with Crippen LogP contribution in [0.3, 0.4) is 0 Å². The number of rotatable bonds is 7. The zero-order chi connectivity index (χ0) is 18.4. The largest absolute Gasteiger partial charge is 0.573 e. The van der Waals surface area contributed by atoms with Crippen LogP contribution in [0.15, 0.2) is 34.6 Å². The molecule has 1 aromatic carbocycles. The maximum absolute atomic E-state index is 12.2. The lowest BCUT2D eigenvalue weighted by molar-refractivity contribution is -0.274. The second-order valence-corrected chi connectivity index (χ2v) is 6.00. The van der Waals surface area contributed by atoms with E-state index in [1.807, 2.05) is 0 Å². The van der Waals surface area contributed by atoms with Crippen molar-refractivity contribution in [2.75, 3.05) is 19.8 Å². The summed E-state index contributed by atoms with van der Waals surface area (Å²) < 4.78 is 51.5. The minimum Gasteiger partial charge on any atom is -0.406 e. The van der Waals surface area contributed by atoms with Crippen molar-refractivity contribution in [3.63, 3.8) is 0 Å². The van der Waals surface area contributed by atoms with Crippen LogP contribution in [0, 0.1) is 0 Å². The Morgan fingerprint density at radius 2 is 2.04 bits per heavy atom. The van der Waals surface area contributed by atoms with Gasteiger partial charge in [0.25, 0.3) is 0 Å². The predicted octanol–water partition coefficient (Wildman–Crippen LogP) is 3.70. The number of hydrogen-bond acceptors (Lipinski definition) is 7. The van der Waals surface area contributed by atoms with Crippen molar-refractivity contribution in [3.8, 4) is 5.75 Å². The molecule has 0 spiro atoms. The van der Waals surface area contributed by atoms with Crippen LogP contribution in [0.5, 0.6) is 5.75 Å². The number of hydrogen-bond donors (Lipinski definition) is 1. The van der Waals surface area contributed by atoms with Gasteiger partial charge in [-0.1, -0.05) is 17.4 Å². The van der Waals surface area contributed by atoms with Crippen molar-refractivity contribution < 1.29 is 27.4 Å². The number of halogens is 3. The molecule has 2 unspecified atom stereocenters. The van der Waals surface area contributed by atoms with Crippen LogP contribution in [-0.4, -0.2) is 37.5 Å². The maximum atomic E-state index is 12.2. The fourth-order valence-electron chi connectivity index (χ4n) is 2.68. The van der Waals surface area contributed by atoms with Gasteiger partial charge in [-0.3, -0.25) is 0 Å². The third kappa shape index (κ3) is 5.82. The Labute approximate surface area is 149 Å². The molecule has 1 N–H and O–H groups in total. The molecule has 1 fully saturated rings. The van der Waals surface area contributed by atoms with Gasteiger partial charge >= 0.3 is 6.36 Å². The van der Waals surface area contributed by atoms with Gasteiger partial charge < -0.3 is 14.2 Å². The first-order chi connectivity index (χ1) is 12.5. The smallest absolute Gasteiger partial charge is 0.406 e. The minimum atomic E-state index is -4.70. The summed E-state index contributed by atoms with van der Waals surface area (Å²) in [5.41, 5.74) is 3.76. The zero-order valence-corrected chi connectivity index (χ0v) is 14.1. The quantitative estimate of drug-likeness (QED) is 0.737. The molecule has 0 aliphatic carbocycles. The van der Waals surface area contributed by atoms with Crippen molar-refractivity contribution in [1.82, 2.24) is 10.5 Å². The molecule has 0 bridgehead atoms. The molecule has 2 atom stereocenters. The molecule has 10 heteroatoms. The monoisotopic (exact) mass is 374 g/mol. The molecular formula is C16H21F3N4O3. The van der Waals surface area contributed by atoms with Crippen LogP contribution in [0.25, 0.3) is 0 Å². The highest BCUT2D eigenvalue weighted by molar-refractivity contribution is 5.29. The van der Waals surface area contributed by atoms with E-state index in [1.54, 1.807) is 5.12 Å². The Hall–Kier alpha value is -1.91. The molecule has 1 aromatic rings. The number of nitrogens with zero attached hydrogens (tertiary/aromatic N) is 3. The van der Waals surface area contributed by atoms with Gasteiger partial charge in [-0.15, -0.1) is 18.3 Å². The van der Waals surface area contributed by atoms with E-state index in [2.05, 4.69) is 20.5 Å². The van der Waals surface area contributed by atoms with Crippen molar-refractivity contribution in [2.45, 2.75) is 44.5 Å². The molecule has 0 radical (unpaired) electrons. The van der Waals surface area contributed by atoms with Gasteiger partial charge in [0, 0.05) is 6.61 Å². The molecule has 144 valence electrons. The summed E-state index contributed by atoms with van der Waals surface area (Å²) in [7, 11) is 0. The van der Waals surface area contributed by atoms with Crippen molar-refractivity contribution in [2.24, 2.45) is 10.3 Å². The van der Waals surface area contributed by atoms with Crippen molar-refractivity contribution in [1.29, 1.82) is 0 Å². The highest BCUT2D eigenvalue weighted by atomic mass is 19.4. The van der Waals surface area contributed by atoms with Gasteiger partial charge in [0.05, 0.1) is 13.2 Å². The molecule has 7 nitrogen and oxygen atoms in total. The Morgan fingerprint density at radius 3 is 2.73 bits per heavy atom. The average Bonchev–Trinajstić information content (AvgIpc) is 3.08. The third-order valence-corrected chi connectivity index (χ3v) is 3.93. The third-order valence-electron chi connectivity index (χ3n) is 3.93. The highest BCUT2D eigenvalue weighted by Crippen LogP contribution is 2.26. The maximum Gasteiger partial charge on any atom is 0.573 e. The fraction of sp³-hybridized carbons (Fsp3) is 0.625. The molecule has 1 saturated heterocycles. The van der Waals surface area contributed by atoms with E-state index in [0.29, 0.717) is 18.7 Å². The first-order valence-corrected chi connectivity index (χ1v) is 8.53. The summed E-state index contributed by atoms with van der Waals surface area (Å²) >= 11 is 0. The van der Waals surface area contributed by atoms with E-state index < -0.39 is 12.5 Å². The number of ether oxygens (including phenoxy) is 3. The SMILES string of the molecule is FC(F)(F)Oc1ccc(C2N=NN(CCCOC3CCCCO3)N2)cc1. The predicted molar refractivity (Wildman–Crippen MR) is 84.7 cm³/mol. The van der Waals surface area contributed by atoms with E-state index in [9.17, 15) is 13.2 Å². The summed E-state index contributed by atoms with van der Waals surface area (Å²) in [5.74, 6) is -0.268. The highest BCUT2D eigenvalue weighted by Gasteiger charge is 2.31. The molecule has 2 heterocycles. The molecule has 2 aliphatic heterocycles. The van der Waals surface area contributed by atoms with Crippen molar-refractivity contribution in [3.05, 3.63) is 29.8 Å². The Kier molecular flexibility index (Phi) is 6.28. The summed E-state index contributed by atoms with van der Waals surface area (Å²) in [4.78, 5) is 0. The molecular weight excluding hydrogens is 353 g/mol. The van der Waals surface area contributed by atoms with Gasteiger partial charge in [0.1, 0.15) is 5.75 Å². The first-order valence-electron chi connectivity index (χ1n) is 8.53. The normalized spacial score (nSPS) is 23.4. The fourth-order valence-corrected chi connectivity index (χ4v) is 2.68. The molecule has 3 rings (SSSR count). The molecule has 2 aliphatic rings. The summed E-state index contributed by atoms with van der Waals surface area (Å²) in [5, 5.41) is 9.67. The van der Waals surface area contributed by atoms with Gasteiger partial charge in [0.2, 0.25) is 0 Å². The van der Waals surface area contributed by atoms with E-state index in [4.69, 9.17) is 9.47 Å². The van der Waals surface area contributed by atoms with E-state index in [1.165, 1.54) is 24.3 Å². The van der Waals surface area contributed by atoms with E-state index >= 15 is 0 Å². The zero-order valence-electron chi connectivity index (χ0n) is 14.1. The van der Waals surface area contributed by atoms with Crippen LogP contribution in [0.4, 0.5) is 13.2 Å². The topological polar surface area (TPSA) is 67.7 Å². The Morgan fingerprint density at radius 1 is 1.23 bits per heavy atom. The Bertz CT molecular complexity index is 591. The lowest BCUT2D eigenvalue weighted by Crippen LogP contribution is -2.32. The summed E-state index contributed by atoms with van der Waals surface area (Å²) in [6.07, 6.45) is -1.35. The van der Waals surface area contributed by atoms with Gasteiger partial charge in [-0.25, -0.2) is 5.12 Å². The molecule has 0 amide bonds. The van der Waals surface area contributed by atoms with Crippen molar-refractivity contribution >= 4 is 0 Å². The number of alkyl halides is 3. The van der Waals surface area contributed by atoms with Crippen LogP contribution in [-0.2, 0) is 9.47 Å². The van der Waals surface area contributed by atoms with Crippen LogP contribution in [0.1, 0.15) is 37.4 Å². The van der Waals surface area contributed by atoms with Gasteiger partial charge in [-0.2, -0.15) is 5.43 Å². The van der Waals surface area contributed by atoms with E-state index in [-0.39, 0.29) is 12.0 Å². The number of benzene rings is 1. The standard InChI is InChI=1S/C16H21F3N4O3/c17-16(18,19)26-13-7-5-12(6-8-13)15-20-22-23(21-15)9-3-11-25-14-4-1-2-10-24-14/h5-8,14-15,21H,1-4,9-11H2. The lowest BCUT2D eigenvalue weighted by Gasteiger charge is -2.23. The van der Waals surface area contributed by atoms with Crippen LogP contribution >= 0.6 is 0 Å². The summed E-state index contributed by atoms with van der Waals surface area (Å²) in [6, 6.07) is 5.54. The van der Waals surface area contributed by atoms with Gasteiger partial charge in [0.15, 0.2) is 12.5 Å². The molecule has 26 heavy (non-hydrogen) atoms. The number of hydrazine groups is 1. The average molecular weight is 374 g/mol. The van der Waals surface area contributed by atoms with Crippen LogP contribution < -0.4 is 10.2 Å². The van der Waals surface area contributed by atoms with E-state index in [0.717, 1.165) is 32.3 Å². The second-order valence-electron chi connectivity index (χ2n) is 6.00. The molecule has 0 saturated carbocycles. The molecule has 0 aromatic heterocycles. The number of nitrogens with one attached hydrogen (secondary N) is 1. The minimum absolute atomic E-state index is 0.109. The second kappa shape index (κ2) is 8.65. The summed E-state index contributed by atoms with van der Waals surface area (Å²) in [6.45, 7) is 1.91. The van der Waals surface area contributed by atoms with Crippen LogP contribution in [0.2, 0.25) is 0 Å². The first kappa shape index (κ1) is 18.9. The lowest BCUT2D eigenvalue weighted by atomic mass is 10.2. The Balaban J connectivity index is 1.37. The van der Waals surface area contributed by atoms with Gasteiger partial charge in [-0.05, 0) is 43.4 Å².